The minimum absolute atomic E-state index is 0.0150. The number of benzene rings is 2. The number of isocyanates is 2. The Bertz CT molecular complexity index is 2770. The first-order valence-electron chi connectivity index (χ1n) is 20.3. The van der Waals surface area contributed by atoms with Crippen LogP contribution in [0.1, 0.15) is 88.2 Å². The van der Waals surface area contributed by atoms with Crippen molar-refractivity contribution in [3.05, 3.63) is 110 Å². The van der Waals surface area contributed by atoms with Crippen LogP contribution in [-0.4, -0.2) is 52.7 Å². The van der Waals surface area contributed by atoms with Crippen LogP contribution in [0.4, 0.5) is 5.69 Å². The topological polar surface area (TPSA) is 257 Å². The summed E-state index contributed by atoms with van der Waals surface area (Å²) in [6, 6.07) is 8.96. The molecule has 20 heteroatoms. The maximum atomic E-state index is 13.8. The molecule has 4 rings (SSSR count). The molecule has 0 atom stereocenters. The highest BCUT2D eigenvalue weighted by molar-refractivity contribution is 5.57. The van der Waals surface area contributed by atoms with E-state index in [0.717, 1.165) is 27.4 Å². The van der Waals surface area contributed by atoms with Crippen LogP contribution in [0.2, 0.25) is 0 Å². The molecule has 0 spiro atoms. The zero-order valence-corrected chi connectivity index (χ0v) is 34.7. The van der Waals surface area contributed by atoms with Crippen molar-refractivity contribution in [3.63, 3.8) is 0 Å². The molecular formula is C42H48N10O10. The molecular weight excluding hydrogens is 805 g/mol. The molecule has 0 aliphatic carbocycles. The molecule has 62 heavy (non-hydrogen) atoms. The lowest BCUT2D eigenvalue weighted by Crippen LogP contribution is -2.54. The van der Waals surface area contributed by atoms with E-state index >= 15 is 0 Å². The average molecular weight is 853 g/mol. The first-order chi connectivity index (χ1) is 30.0. The van der Waals surface area contributed by atoms with Gasteiger partial charge in [0.15, 0.2) is 0 Å². The monoisotopic (exact) mass is 852 g/mol. The highest BCUT2D eigenvalue weighted by Crippen LogP contribution is 2.22. The van der Waals surface area contributed by atoms with E-state index in [1.165, 1.54) is 36.4 Å². The van der Waals surface area contributed by atoms with Crippen LogP contribution >= 0.6 is 0 Å². The van der Waals surface area contributed by atoms with Gasteiger partial charge < -0.3 is 9.47 Å². The largest absolute Gasteiger partial charge is 0.428 e. The fourth-order valence-corrected chi connectivity index (χ4v) is 6.86. The highest BCUT2D eigenvalue weighted by atomic mass is 16.5. The van der Waals surface area contributed by atoms with Crippen molar-refractivity contribution in [1.82, 2.24) is 27.4 Å². The second-order valence-electron chi connectivity index (χ2n) is 14.4. The third-order valence-corrected chi connectivity index (χ3v) is 10.2. The van der Waals surface area contributed by atoms with E-state index in [1.807, 2.05) is 0 Å². The van der Waals surface area contributed by atoms with E-state index in [9.17, 15) is 38.4 Å². The molecule has 0 aliphatic heterocycles. The standard InChI is InChI=1S/C42H48N10O10/c1-31-15-17-33(25-35(31)46-30-54)51-39(57)47(20-10-4-3-9-19-45-29-53)37(55)48(40(51)58)21-11-5-6-12-22-49-38(56)50(23-13-7-8-14-24-61-27-43)42(60)52(41(49)59)34-18-16-32(2)36(26-34)62-28-44/h15-18,25-26H,3-14,19-24H2,1-2H3. The van der Waals surface area contributed by atoms with Crippen molar-refractivity contribution in [2.24, 2.45) is 9.98 Å². The molecule has 2 heterocycles. The Morgan fingerprint density at radius 3 is 1.44 bits per heavy atom. The molecule has 0 fully saturated rings. The van der Waals surface area contributed by atoms with Gasteiger partial charge in [0.25, 0.3) is 12.5 Å². The Labute approximate surface area is 354 Å². The lowest BCUT2D eigenvalue weighted by Gasteiger charge is -2.15. The number of hydrogen-bond acceptors (Lipinski definition) is 14. The van der Waals surface area contributed by atoms with E-state index in [-0.39, 0.29) is 55.6 Å². The van der Waals surface area contributed by atoms with Gasteiger partial charge in [-0.3, -0.25) is 0 Å². The number of rotatable bonds is 25. The summed E-state index contributed by atoms with van der Waals surface area (Å²) in [6.07, 6.45) is 12.4. The summed E-state index contributed by atoms with van der Waals surface area (Å²) in [4.78, 5) is 111. The molecule has 0 bridgehead atoms. The number of aryl methyl sites for hydroxylation is 2. The maximum absolute atomic E-state index is 13.8. The van der Waals surface area contributed by atoms with Crippen LogP contribution in [0.5, 0.6) is 5.75 Å². The number of nitriles is 2. The average Bonchev–Trinajstić information content (AvgIpc) is 3.25. The van der Waals surface area contributed by atoms with Crippen LogP contribution in [0.25, 0.3) is 11.4 Å². The predicted molar refractivity (Wildman–Crippen MR) is 225 cm³/mol. The first kappa shape index (κ1) is 47.3. The summed E-state index contributed by atoms with van der Waals surface area (Å²) in [5, 5.41) is 17.7. The third kappa shape index (κ3) is 12.1. The zero-order chi connectivity index (χ0) is 45.0. The molecule has 20 nitrogen and oxygen atoms in total. The molecule has 4 aromatic rings. The van der Waals surface area contributed by atoms with Crippen molar-refractivity contribution in [3.8, 4) is 29.6 Å². The van der Waals surface area contributed by atoms with Crippen molar-refractivity contribution in [1.29, 1.82) is 10.5 Å². The van der Waals surface area contributed by atoms with Gasteiger partial charge in [0.05, 0.1) is 23.6 Å². The molecule has 0 amide bonds. The third-order valence-electron chi connectivity index (χ3n) is 10.2. The molecule has 0 unspecified atom stereocenters. The van der Waals surface area contributed by atoms with Gasteiger partial charge in [-0.1, -0.05) is 44.2 Å². The maximum Gasteiger partial charge on any atom is 0.340 e. The van der Waals surface area contributed by atoms with E-state index < -0.39 is 34.1 Å². The summed E-state index contributed by atoms with van der Waals surface area (Å²) in [6.45, 7) is 3.87. The molecule has 0 saturated heterocycles. The second kappa shape index (κ2) is 24.0. The minimum atomic E-state index is -0.878. The number of unbranched alkanes of at least 4 members (excludes halogenated alkanes) is 9. The highest BCUT2D eigenvalue weighted by Gasteiger charge is 2.20. The molecule has 0 radical (unpaired) electrons. The van der Waals surface area contributed by atoms with Crippen LogP contribution in [0.15, 0.2) is 75.2 Å². The molecule has 2 aromatic carbocycles. The lowest BCUT2D eigenvalue weighted by molar-refractivity contribution is 0.260. The minimum Gasteiger partial charge on any atom is -0.428 e. The number of ether oxygens (including phenoxy) is 2. The summed E-state index contributed by atoms with van der Waals surface area (Å²) in [5.74, 6) is 0.134. The van der Waals surface area contributed by atoms with E-state index in [0.29, 0.717) is 94.7 Å². The first-order valence-corrected chi connectivity index (χ1v) is 20.3. The summed E-state index contributed by atoms with van der Waals surface area (Å²) in [7, 11) is 0. The van der Waals surface area contributed by atoms with Gasteiger partial charge >= 0.3 is 34.1 Å². The number of aliphatic imine (C=N–C) groups is 2. The van der Waals surface area contributed by atoms with Gasteiger partial charge in [-0.2, -0.15) is 10.3 Å². The van der Waals surface area contributed by atoms with Crippen LogP contribution < -0.4 is 38.9 Å². The Balaban J connectivity index is 1.57. The molecule has 0 N–H and O–H groups in total. The fourth-order valence-electron chi connectivity index (χ4n) is 6.86. The van der Waals surface area contributed by atoms with E-state index in [4.69, 9.17) is 20.0 Å². The molecule has 326 valence electrons. The van der Waals surface area contributed by atoms with Gasteiger partial charge in [0, 0.05) is 32.2 Å². The normalized spacial score (nSPS) is 10.6. The predicted octanol–water partition coefficient (Wildman–Crippen LogP) is 3.29. The molecule has 0 aliphatic rings. The van der Waals surface area contributed by atoms with Crippen molar-refractivity contribution in [2.45, 2.75) is 117 Å². The van der Waals surface area contributed by atoms with Gasteiger partial charge in [-0.25, -0.2) is 70.8 Å². The van der Waals surface area contributed by atoms with Gasteiger partial charge in [-0.05, 0) is 88.1 Å². The van der Waals surface area contributed by atoms with E-state index in [1.54, 1.807) is 38.5 Å². The number of nitrogens with zero attached hydrogens (tertiary/aromatic N) is 10. The Hall–Kier alpha value is -7.40. The van der Waals surface area contributed by atoms with Gasteiger partial charge in [0.1, 0.15) is 12.4 Å². The lowest BCUT2D eigenvalue weighted by atomic mass is 10.2. The number of carbonyl (C=O) groups excluding carboxylic acids is 2. The number of hydrogen-bond donors (Lipinski definition) is 0. The Kier molecular flexibility index (Phi) is 18.3. The van der Waals surface area contributed by atoms with Gasteiger partial charge in [-0.15, -0.1) is 5.26 Å². The zero-order valence-electron chi connectivity index (χ0n) is 34.7. The fraction of sp³-hybridized carbons (Fsp3) is 0.476. The smallest absolute Gasteiger partial charge is 0.340 e. The van der Waals surface area contributed by atoms with Crippen LogP contribution in [-0.2, 0) is 40.5 Å². The molecule has 2 aromatic heterocycles. The van der Waals surface area contributed by atoms with Crippen LogP contribution in [0.3, 0.4) is 0 Å². The second-order valence-corrected chi connectivity index (χ2v) is 14.4. The molecule has 0 saturated carbocycles. The van der Waals surface area contributed by atoms with Gasteiger partial charge in [0.2, 0.25) is 12.2 Å². The quantitative estimate of drug-likeness (QED) is 0.0403. The van der Waals surface area contributed by atoms with Crippen molar-refractivity contribution in [2.75, 3.05) is 13.2 Å². The summed E-state index contributed by atoms with van der Waals surface area (Å²) < 4.78 is 15.4. The number of aromatic nitrogens is 6. The van der Waals surface area contributed by atoms with E-state index in [2.05, 4.69) is 9.98 Å². The summed E-state index contributed by atoms with van der Waals surface area (Å²) in [5.41, 5.74) is -3.44. The Morgan fingerprint density at radius 2 is 0.984 bits per heavy atom. The Morgan fingerprint density at radius 1 is 0.532 bits per heavy atom. The van der Waals surface area contributed by atoms with Crippen molar-refractivity contribution >= 4 is 17.8 Å². The summed E-state index contributed by atoms with van der Waals surface area (Å²) >= 11 is 0. The van der Waals surface area contributed by atoms with Crippen molar-refractivity contribution < 1.29 is 19.1 Å². The van der Waals surface area contributed by atoms with Crippen LogP contribution in [0, 0.1) is 36.9 Å². The SMILES string of the molecule is Cc1ccc(-n2c(=O)n(CCCCCCN=C=O)c(=O)n(CCCCCCn3c(=O)n(CCCCCCOC#N)c(=O)n(-c4ccc(C)c(OC#N)c4)c3=O)c2=O)cc1N=C=O.